The van der Waals surface area contributed by atoms with Crippen molar-refractivity contribution in [2.75, 3.05) is 19.0 Å². The maximum Gasteiger partial charge on any atom is 0.300 e. The molecule has 0 radical (unpaired) electrons. The molecule has 11 heteroatoms. The summed E-state index contributed by atoms with van der Waals surface area (Å²) in [6, 6.07) is 0.0188. The third kappa shape index (κ3) is 3.34. The van der Waals surface area contributed by atoms with Crippen LogP contribution < -0.4 is 15.6 Å². The number of ether oxygens (including phenoxy) is 2. The summed E-state index contributed by atoms with van der Waals surface area (Å²) in [5, 5.41) is 41.3. The van der Waals surface area contributed by atoms with Crippen LogP contribution in [0.15, 0.2) is 9.27 Å². The predicted molar refractivity (Wildman–Crippen MR) is 81.1 cm³/mol. The third-order valence-electron chi connectivity index (χ3n) is 3.55. The molecule has 1 aliphatic heterocycles. The maximum atomic E-state index is 12.1. The lowest BCUT2D eigenvalue weighted by atomic mass is 9.98. The molecule has 0 saturated carbocycles. The topological polar surface area (TPSA) is 146 Å². The highest BCUT2D eigenvalue weighted by Crippen LogP contribution is 2.25. The Morgan fingerprint density at radius 2 is 2.00 bits per heavy atom. The summed E-state index contributed by atoms with van der Waals surface area (Å²) < 4.78 is 11.5. The zero-order valence-corrected chi connectivity index (χ0v) is 14.0. The summed E-state index contributed by atoms with van der Waals surface area (Å²) in [6.07, 6.45) is -6.78. The largest absolute Gasteiger partial charge is 0.468 e. The number of aromatic nitrogens is 2. The van der Waals surface area contributed by atoms with Gasteiger partial charge in [0.15, 0.2) is 12.0 Å². The van der Waals surface area contributed by atoms with Gasteiger partial charge in [-0.05, 0) is 15.9 Å². The molecule has 130 valence electrons. The molecule has 1 aliphatic rings. The Kier molecular flexibility index (Phi) is 5.60. The average molecular weight is 396 g/mol. The number of nitrogens with one attached hydrogen (secondary N) is 1. The highest BCUT2D eigenvalue weighted by atomic mass is 79.9. The average Bonchev–Trinajstić information content (AvgIpc) is 2.55. The van der Waals surface area contributed by atoms with E-state index in [2.05, 4.69) is 26.2 Å². The zero-order valence-electron chi connectivity index (χ0n) is 12.4. The van der Waals surface area contributed by atoms with Crippen molar-refractivity contribution in [3.8, 4) is 6.01 Å². The Bertz CT molecular complexity index is 623. The van der Waals surface area contributed by atoms with Crippen LogP contribution in [-0.2, 0) is 11.8 Å². The molecule has 0 bridgehead atoms. The number of hydrogen-bond acceptors (Lipinski definition) is 9. The maximum absolute atomic E-state index is 12.1. The molecular weight excluding hydrogens is 378 g/mol. The van der Waals surface area contributed by atoms with E-state index in [9.17, 15) is 20.1 Å². The molecule has 23 heavy (non-hydrogen) atoms. The number of anilines is 1. The van der Waals surface area contributed by atoms with Crippen LogP contribution in [0.3, 0.4) is 0 Å². The van der Waals surface area contributed by atoms with E-state index in [0.29, 0.717) is 0 Å². The number of aliphatic hydroxyl groups excluding tert-OH is 4. The van der Waals surface area contributed by atoms with Gasteiger partial charge in [-0.1, -0.05) is 0 Å². The highest BCUT2D eigenvalue weighted by Gasteiger charge is 2.43. The summed E-state index contributed by atoms with van der Waals surface area (Å²) in [7, 11) is 2.81. The molecule has 0 amide bonds. The van der Waals surface area contributed by atoms with Crippen LogP contribution in [0.2, 0.25) is 0 Å². The molecule has 0 spiro atoms. The van der Waals surface area contributed by atoms with Crippen LogP contribution in [0.5, 0.6) is 6.01 Å². The fourth-order valence-electron chi connectivity index (χ4n) is 2.19. The van der Waals surface area contributed by atoms with Crippen molar-refractivity contribution in [2.45, 2.75) is 30.6 Å². The summed E-state index contributed by atoms with van der Waals surface area (Å²) in [6.45, 7) is -0.558. The van der Waals surface area contributed by atoms with Crippen LogP contribution in [0.25, 0.3) is 0 Å². The van der Waals surface area contributed by atoms with E-state index in [1.54, 1.807) is 0 Å². The van der Waals surface area contributed by atoms with Crippen molar-refractivity contribution < 1.29 is 29.9 Å². The summed E-state index contributed by atoms with van der Waals surface area (Å²) in [5.74, 6) is 0.0225. The van der Waals surface area contributed by atoms with E-state index in [1.165, 1.54) is 18.7 Å². The monoisotopic (exact) mass is 395 g/mol. The van der Waals surface area contributed by atoms with E-state index < -0.39 is 42.8 Å². The van der Waals surface area contributed by atoms with Crippen molar-refractivity contribution >= 4 is 21.7 Å². The second-order valence-corrected chi connectivity index (χ2v) is 5.81. The SMILES string of the molecule is COc1nc(N[C@@H]2O[C@@H](CO)[C@@H](O)[C@@H](O)[C@@H]2O)c(Br)c(=O)n1C. The molecule has 0 aromatic carbocycles. The Labute approximate surface area is 139 Å². The lowest BCUT2D eigenvalue weighted by Gasteiger charge is -2.40. The van der Waals surface area contributed by atoms with Crippen LogP contribution >= 0.6 is 15.9 Å². The van der Waals surface area contributed by atoms with Crippen LogP contribution in [0.4, 0.5) is 5.82 Å². The van der Waals surface area contributed by atoms with Gasteiger partial charge in [-0.3, -0.25) is 9.36 Å². The fraction of sp³-hybridized carbons (Fsp3) is 0.667. The Morgan fingerprint density at radius 3 is 2.57 bits per heavy atom. The van der Waals surface area contributed by atoms with Crippen LogP contribution in [-0.4, -0.2) is 74.3 Å². The van der Waals surface area contributed by atoms with Gasteiger partial charge in [0.1, 0.15) is 28.9 Å². The van der Waals surface area contributed by atoms with Gasteiger partial charge in [0.25, 0.3) is 5.56 Å². The van der Waals surface area contributed by atoms with Gasteiger partial charge in [-0.15, -0.1) is 0 Å². The predicted octanol–water partition coefficient (Wildman–Crippen LogP) is -2.24. The van der Waals surface area contributed by atoms with Crippen molar-refractivity contribution in [3.63, 3.8) is 0 Å². The first-order chi connectivity index (χ1) is 10.8. The zero-order chi connectivity index (χ0) is 17.3. The second-order valence-electron chi connectivity index (χ2n) is 5.02. The molecule has 10 nitrogen and oxygen atoms in total. The quantitative estimate of drug-likeness (QED) is 0.381. The number of nitrogens with zero attached hydrogens (tertiary/aromatic N) is 2. The molecular formula is C12H18BrN3O7. The van der Waals surface area contributed by atoms with Gasteiger partial charge in [0, 0.05) is 7.05 Å². The van der Waals surface area contributed by atoms with Crippen molar-refractivity contribution in [1.82, 2.24) is 9.55 Å². The minimum atomic E-state index is -1.54. The molecule has 2 rings (SSSR count). The molecule has 1 aromatic rings. The molecule has 1 aromatic heterocycles. The van der Waals surface area contributed by atoms with E-state index >= 15 is 0 Å². The Hall–Kier alpha value is -1.24. The normalized spacial score (nSPS) is 31.0. The van der Waals surface area contributed by atoms with Crippen LogP contribution in [0.1, 0.15) is 0 Å². The lowest BCUT2D eigenvalue weighted by molar-refractivity contribution is -0.221. The molecule has 0 aliphatic carbocycles. The Balaban J connectivity index is 2.31. The van der Waals surface area contributed by atoms with Gasteiger partial charge >= 0.3 is 6.01 Å². The standard InChI is InChI=1S/C12H18BrN3O7/c1-16-11(21)5(13)9(15-12(16)22-2)14-10-8(20)7(19)6(18)4(3-17)23-10/h4,6-8,10,14,17-20H,3H2,1-2H3/t4-,6+,7+,8-,10+/m0/s1. The molecule has 5 N–H and O–H groups in total. The first-order valence-electron chi connectivity index (χ1n) is 6.69. The minimum Gasteiger partial charge on any atom is -0.468 e. The van der Waals surface area contributed by atoms with E-state index in [0.717, 1.165) is 0 Å². The van der Waals surface area contributed by atoms with Gasteiger partial charge < -0.3 is 35.2 Å². The van der Waals surface area contributed by atoms with Crippen molar-refractivity contribution in [2.24, 2.45) is 7.05 Å². The first kappa shape index (κ1) is 18.1. The molecule has 5 atom stereocenters. The van der Waals surface area contributed by atoms with Crippen molar-refractivity contribution in [3.05, 3.63) is 14.8 Å². The van der Waals surface area contributed by atoms with Crippen molar-refractivity contribution in [1.29, 1.82) is 0 Å². The number of aliphatic hydroxyl groups is 4. The molecule has 1 saturated heterocycles. The molecule has 2 heterocycles. The van der Waals surface area contributed by atoms with Gasteiger partial charge in [-0.25, -0.2) is 0 Å². The Morgan fingerprint density at radius 1 is 1.35 bits per heavy atom. The summed E-state index contributed by atoms with van der Waals surface area (Å²) >= 11 is 3.09. The number of methoxy groups -OCH3 is 1. The van der Waals surface area contributed by atoms with E-state index in [4.69, 9.17) is 14.6 Å². The summed E-state index contributed by atoms with van der Waals surface area (Å²) in [5.41, 5.74) is -0.441. The summed E-state index contributed by atoms with van der Waals surface area (Å²) in [4.78, 5) is 16.1. The fourth-order valence-corrected chi connectivity index (χ4v) is 2.66. The lowest BCUT2D eigenvalue weighted by Crippen LogP contribution is -2.60. The van der Waals surface area contributed by atoms with Gasteiger partial charge in [0.05, 0.1) is 13.7 Å². The van der Waals surface area contributed by atoms with Crippen LogP contribution in [0, 0.1) is 0 Å². The highest BCUT2D eigenvalue weighted by molar-refractivity contribution is 9.10. The smallest absolute Gasteiger partial charge is 0.300 e. The van der Waals surface area contributed by atoms with Gasteiger partial charge in [0.2, 0.25) is 0 Å². The number of hydrogen-bond donors (Lipinski definition) is 5. The third-order valence-corrected chi connectivity index (χ3v) is 4.26. The molecule has 0 unspecified atom stereocenters. The number of halogens is 1. The van der Waals surface area contributed by atoms with E-state index in [-0.39, 0.29) is 16.3 Å². The first-order valence-corrected chi connectivity index (χ1v) is 7.48. The van der Waals surface area contributed by atoms with Gasteiger partial charge in [-0.2, -0.15) is 4.98 Å². The second kappa shape index (κ2) is 7.11. The minimum absolute atomic E-state index is 0.0188. The molecule has 1 fully saturated rings. The van der Waals surface area contributed by atoms with E-state index in [1.807, 2.05) is 0 Å². The number of rotatable bonds is 4.